The van der Waals surface area contributed by atoms with Gasteiger partial charge in [-0.1, -0.05) is 0 Å². The predicted molar refractivity (Wildman–Crippen MR) is 65.2 cm³/mol. The minimum Gasteiger partial charge on any atom is -0.476 e. The van der Waals surface area contributed by atoms with E-state index in [9.17, 15) is 4.79 Å². The van der Waals surface area contributed by atoms with Crippen molar-refractivity contribution in [3.63, 3.8) is 0 Å². The second kappa shape index (κ2) is 5.18. The molecule has 1 amide bonds. The van der Waals surface area contributed by atoms with Gasteiger partial charge in [0.15, 0.2) is 5.69 Å². The summed E-state index contributed by atoms with van der Waals surface area (Å²) in [6.45, 7) is 2.44. The summed E-state index contributed by atoms with van der Waals surface area (Å²) >= 11 is 0. The van der Waals surface area contributed by atoms with Crippen molar-refractivity contribution >= 4 is 5.91 Å². The van der Waals surface area contributed by atoms with Gasteiger partial charge in [0.2, 0.25) is 5.88 Å². The van der Waals surface area contributed by atoms with Crippen LogP contribution in [0.5, 0.6) is 5.88 Å². The van der Waals surface area contributed by atoms with Gasteiger partial charge >= 0.3 is 0 Å². The number of rotatable bonds is 3. The number of methoxy groups -OCH3 is 1. The van der Waals surface area contributed by atoms with Gasteiger partial charge in [0.1, 0.15) is 6.61 Å². The van der Waals surface area contributed by atoms with E-state index in [1.54, 1.807) is 17.9 Å². The molecule has 0 spiro atoms. The molecule has 0 radical (unpaired) electrons. The number of hydrogen-bond donors (Lipinski definition) is 1. The molecular weight excluding hydrogens is 250 g/mol. The number of fused-ring (bicyclic) bond motifs is 1. The standard InChI is InChI=1S/C12H17N3O4/c1-17-10-2-4-18-7-9(10)13-12(16)8-6-11-15(14-8)3-5-19-11/h6,9-10H,2-5,7H2,1H3,(H,13,16)/t9-,10-/m1/s1. The van der Waals surface area contributed by atoms with E-state index in [-0.39, 0.29) is 18.1 Å². The Morgan fingerprint density at radius 3 is 3.26 bits per heavy atom. The molecular formula is C12H17N3O4. The number of aromatic nitrogens is 2. The SMILES string of the molecule is CO[C@@H]1CCOC[C@H]1NC(=O)c1cc2n(n1)CCO2. The lowest BCUT2D eigenvalue weighted by Crippen LogP contribution is -2.50. The zero-order valence-electron chi connectivity index (χ0n) is 10.8. The summed E-state index contributed by atoms with van der Waals surface area (Å²) in [5, 5.41) is 7.11. The zero-order chi connectivity index (χ0) is 13.2. The Kier molecular flexibility index (Phi) is 3.39. The fourth-order valence-electron chi connectivity index (χ4n) is 2.40. The van der Waals surface area contributed by atoms with Crippen LogP contribution in [-0.4, -0.2) is 54.8 Å². The van der Waals surface area contributed by atoms with Gasteiger partial charge in [0.25, 0.3) is 5.91 Å². The van der Waals surface area contributed by atoms with Gasteiger partial charge in [0.05, 0.1) is 25.3 Å². The van der Waals surface area contributed by atoms with Gasteiger partial charge in [-0.3, -0.25) is 4.79 Å². The second-order valence-corrected chi connectivity index (χ2v) is 4.66. The molecule has 0 aromatic carbocycles. The van der Waals surface area contributed by atoms with Crippen LogP contribution in [0.1, 0.15) is 16.9 Å². The van der Waals surface area contributed by atoms with Crippen molar-refractivity contribution < 1.29 is 19.0 Å². The fraction of sp³-hybridized carbons (Fsp3) is 0.667. The Morgan fingerprint density at radius 2 is 2.47 bits per heavy atom. The highest BCUT2D eigenvalue weighted by molar-refractivity contribution is 5.92. The Labute approximate surface area is 110 Å². The van der Waals surface area contributed by atoms with Crippen molar-refractivity contribution in [1.29, 1.82) is 0 Å². The number of ether oxygens (including phenoxy) is 3. The summed E-state index contributed by atoms with van der Waals surface area (Å²) in [4.78, 5) is 12.1. The molecule has 1 N–H and O–H groups in total. The Bertz CT molecular complexity index is 452. The summed E-state index contributed by atoms with van der Waals surface area (Å²) in [6.07, 6.45) is 0.771. The molecule has 0 saturated carbocycles. The van der Waals surface area contributed by atoms with Crippen LogP contribution in [0.25, 0.3) is 0 Å². The number of hydrogen-bond acceptors (Lipinski definition) is 5. The lowest BCUT2D eigenvalue weighted by atomic mass is 10.1. The van der Waals surface area contributed by atoms with Crippen molar-refractivity contribution in [1.82, 2.24) is 15.1 Å². The molecule has 0 bridgehead atoms. The summed E-state index contributed by atoms with van der Waals surface area (Å²) in [5.74, 6) is 0.427. The van der Waals surface area contributed by atoms with Crippen molar-refractivity contribution in [2.45, 2.75) is 25.1 Å². The lowest BCUT2D eigenvalue weighted by Gasteiger charge is -2.30. The summed E-state index contributed by atoms with van der Waals surface area (Å²) < 4.78 is 17.8. The molecule has 3 rings (SSSR count). The van der Waals surface area contributed by atoms with Gasteiger partial charge in [-0.25, -0.2) is 4.68 Å². The molecule has 104 valence electrons. The normalized spacial score (nSPS) is 25.7. The Balaban J connectivity index is 1.66. The number of carbonyl (C=O) groups excluding carboxylic acids is 1. The van der Waals surface area contributed by atoms with E-state index in [1.807, 2.05) is 0 Å². The van der Waals surface area contributed by atoms with E-state index < -0.39 is 0 Å². The maximum absolute atomic E-state index is 12.1. The van der Waals surface area contributed by atoms with Crippen LogP contribution in [0.15, 0.2) is 6.07 Å². The summed E-state index contributed by atoms with van der Waals surface area (Å²) in [6, 6.07) is 1.53. The molecule has 1 saturated heterocycles. The molecule has 7 nitrogen and oxygen atoms in total. The van der Waals surface area contributed by atoms with Crippen LogP contribution in [0.2, 0.25) is 0 Å². The highest BCUT2D eigenvalue weighted by Gasteiger charge is 2.28. The molecule has 3 heterocycles. The summed E-state index contributed by atoms with van der Waals surface area (Å²) in [5.41, 5.74) is 0.370. The van der Waals surface area contributed by atoms with E-state index in [0.717, 1.165) is 6.42 Å². The maximum atomic E-state index is 12.1. The van der Waals surface area contributed by atoms with E-state index in [1.165, 1.54) is 0 Å². The minimum absolute atomic E-state index is 0.0107. The van der Waals surface area contributed by atoms with Crippen molar-refractivity contribution in [2.75, 3.05) is 26.9 Å². The highest BCUT2D eigenvalue weighted by Crippen LogP contribution is 2.19. The fourth-order valence-corrected chi connectivity index (χ4v) is 2.40. The van der Waals surface area contributed by atoms with Gasteiger partial charge in [0, 0.05) is 19.8 Å². The molecule has 0 unspecified atom stereocenters. The van der Waals surface area contributed by atoms with Crippen LogP contribution in [0.3, 0.4) is 0 Å². The van der Waals surface area contributed by atoms with Crippen LogP contribution in [0, 0.1) is 0 Å². The first-order valence-corrected chi connectivity index (χ1v) is 6.40. The number of amides is 1. The molecule has 1 aromatic heterocycles. The molecule has 0 aliphatic carbocycles. The Hall–Kier alpha value is -1.60. The second-order valence-electron chi connectivity index (χ2n) is 4.66. The molecule has 1 fully saturated rings. The molecule has 2 atom stereocenters. The van der Waals surface area contributed by atoms with Crippen molar-refractivity contribution in [3.05, 3.63) is 11.8 Å². The first-order valence-electron chi connectivity index (χ1n) is 6.40. The van der Waals surface area contributed by atoms with Gasteiger partial charge < -0.3 is 19.5 Å². The van der Waals surface area contributed by atoms with Gasteiger partial charge in [-0.05, 0) is 6.42 Å². The quantitative estimate of drug-likeness (QED) is 0.821. The van der Waals surface area contributed by atoms with Crippen LogP contribution in [0.4, 0.5) is 0 Å². The predicted octanol–water partition coefficient (Wildman–Crippen LogP) is -0.191. The van der Waals surface area contributed by atoms with E-state index in [4.69, 9.17) is 14.2 Å². The average Bonchev–Trinajstić information content (AvgIpc) is 3.00. The van der Waals surface area contributed by atoms with Crippen LogP contribution in [-0.2, 0) is 16.0 Å². The molecule has 19 heavy (non-hydrogen) atoms. The first-order chi connectivity index (χ1) is 9.28. The first kappa shape index (κ1) is 12.4. The van der Waals surface area contributed by atoms with E-state index >= 15 is 0 Å². The largest absolute Gasteiger partial charge is 0.476 e. The van der Waals surface area contributed by atoms with Crippen molar-refractivity contribution in [3.8, 4) is 5.88 Å². The third-order valence-corrected chi connectivity index (χ3v) is 3.44. The maximum Gasteiger partial charge on any atom is 0.272 e. The highest BCUT2D eigenvalue weighted by atomic mass is 16.5. The zero-order valence-corrected chi connectivity index (χ0v) is 10.8. The van der Waals surface area contributed by atoms with Gasteiger partial charge in [-0.2, -0.15) is 5.10 Å². The number of carbonyl (C=O) groups is 1. The smallest absolute Gasteiger partial charge is 0.272 e. The molecule has 2 aliphatic rings. The van der Waals surface area contributed by atoms with E-state index in [2.05, 4.69) is 10.4 Å². The Morgan fingerprint density at radius 1 is 1.58 bits per heavy atom. The van der Waals surface area contributed by atoms with Gasteiger partial charge in [-0.15, -0.1) is 0 Å². The third kappa shape index (κ3) is 2.43. The molecule has 2 aliphatic heterocycles. The number of nitrogens with one attached hydrogen (secondary N) is 1. The van der Waals surface area contributed by atoms with Crippen molar-refractivity contribution in [2.24, 2.45) is 0 Å². The molecule has 1 aromatic rings. The topological polar surface area (TPSA) is 74.6 Å². The summed E-state index contributed by atoms with van der Waals surface area (Å²) in [7, 11) is 1.65. The van der Waals surface area contributed by atoms with Crippen LogP contribution >= 0.6 is 0 Å². The average molecular weight is 267 g/mol. The molecule has 7 heteroatoms. The van der Waals surface area contributed by atoms with E-state index in [0.29, 0.717) is 37.9 Å². The third-order valence-electron chi connectivity index (χ3n) is 3.44. The monoisotopic (exact) mass is 267 g/mol. The lowest BCUT2D eigenvalue weighted by molar-refractivity contribution is -0.0349. The van der Waals surface area contributed by atoms with Crippen LogP contribution < -0.4 is 10.1 Å². The minimum atomic E-state index is -0.219. The number of nitrogens with zero attached hydrogens (tertiary/aromatic N) is 2.